The number of hydrogen-bond donors (Lipinski definition) is 1. The van der Waals surface area contributed by atoms with Crippen molar-refractivity contribution in [2.75, 3.05) is 13.2 Å². The Morgan fingerprint density at radius 3 is 2.36 bits per heavy atom. The van der Waals surface area contributed by atoms with Crippen molar-refractivity contribution in [1.29, 1.82) is 0 Å². The number of aliphatic hydroxyl groups is 1. The van der Waals surface area contributed by atoms with Crippen LogP contribution in [0.2, 0.25) is 18.1 Å². The van der Waals surface area contributed by atoms with Gasteiger partial charge >= 0.3 is 0 Å². The molecule has 0 aromatic rings. The zero-order valence-corrected chi connectivity index (χ0v) is 16.2. The summed E-state index contributed by atoms with van der Waals surface area (Å²) < 4.78 is 12.5. The lowest BCUT2D eigenvalue weighted by Gasteiger charge is -2.41. The lowest BCUT2D eigenvalue weighted by atomic mass is 9.96. The van der Waals surface area contributed by atoms with Gasteiger partial charge in [-0.25, -0.2) is 0 Å². The highest BCUT2D eigenvalue weighted by Gasteiger charge is 2.41. The summed E-state index contributed by atoms with van der Waals surface area (Å²) in [6.45, 7) is 17.7. The Morgan fingerprint density at radius 2 is 1.95 bits per heavy atom. The van der Waals surface area contributed by atoms with E-state index in [1.165, 1.54) is 0 Å². The maximum Gasteiger partial charge on any atom is 0.193 e. The predicted octanol–water partition coefficient (Wildman–Crippen LogP) is 3.99. The molecule has 3 nitrogen and oxygen atoms in total. The van der Waals surface area contributed by atoms with E-state index in [1.54, 1.807) is 0 Å². The molecule has 0 unspecified atom stereocenters. The van der Waals surface area contributed by atoms with Crippen LogP contribution in [-0.2, 0) is 9.16 Å². The smallest absolute Gasteiger partial charge is 0.193 e. The molecular weight excluding hydrogens is 292 g/mol. The first-order valence-corrected chi connectivity index (χ1v) is 11.0. The molecule has 0 amide bonds. The minimum absolute atomic E-state index is 0.123. The molecule has 0 bridgehead atoms. The Bertz CT molecular complexity index is 366. The van der Waals surface area contributed by atoms with E-state index in [2.05, 4.69) is 53.3 Å². The van der Waals surface area contributed by atoms with Crippen molar-refractivity contribution in [3.8, 4) is 12.3 Å². The molecule has 0 aliphatic carbocycles. The van der Waals surface area contributed by atoms with Gasteiger partial charge in [-0.05, 0) is 30.5 Å². The highest BCUT2D eigenvalue weighted by Crippen LogP contribution is 2.38. The second-order valence-electron chi connectivity index (χ2n) is 7.38. The number of terminal acetylenes is 1. The fourth-order valence-electron chi connectivity index (χ4n) is 1.94. The lowest BCUT2D eigenvalue weighted by molar-refractivity contribution is -0.0444. The van der Waals surface area contributed by atoms with E-state index in [9.17, 15) is 0 Å². The summed E-state index contributed by atoms with van der Waals surface area (Å²) in [6, 6.07) is 0. The molecule has 0 fully saturated rings. The van der Waals surface area contributed by atoms with Crippen molar-refractivity contribution < 1.29 is 14.3 Å². The number of rotatable bonds is 10. The fraction of sp³-hybridized carbons (Fsp3) is 0.778. The van der Waals surface area contributed by atoms with Crippen LogP contribution in [0, 0.1) is 18.3 Å². The molecule has 128 valence electrons. The van der Waals surface area contributed by atoms with Crippen LogP contribution >= 0.6 is 0 Å². The first-order valence-electron chi connectivity index (χ1n) is 8.07. The average Bonchev–Trinajstić information content (AvgIpc) is 2.40. The topological polar surface area (TPSA) is 38.7 Å². The Hall–Kier alpha value is -0.603. The molecule has 1 N–H and O–H groups in total. The Balaban J connectivity index is 5.12. The summed E-state index contributed by atoms with van der Waals surface area (Å²) in [5.74, 6) is 2.88. The third-order valence-corrected chi connectivity index (χ3v) is 8.88. The van der Waals surface area contributed by atoms with Crippen LogP contribution in [-0.4, -0.2) is 38.8 Å². The molecule has 22 heavy (non-hydrogen) atoms. The van der Waals surface area contributed by atoms with Gasteiger partial charge in [0.15, 0.2) is 8.32 Å². The van der Waals surface area contributed by atoms with Gasteiger partial charge in [0.2, 0.25) is 0 Å². The van der Waals surface area contributed by atoms with E-state index >= 15 is 0 Å². The van der Waals surface area contributed by atoms with E-state index < -0.39 is 8.32 Å². The van der Waals surface area contributed by atoms with Gasteiger partial charge in [-0.1, -0.05) is 33.8 Å². The first kappa shape index (κ1) is 21.4. The van der Waals surface area contributed by atoms with Crippen molar-refractivity contribution >= 4 is 8.32 Å². The summed E-state index contributed by atoms with van der Waals surface area (Å²) in [5, 5.41) is 9.08. The summed E-state index contributed by atoms with van der Waals surface area (Å²) in [4.78, 5) is 0. The van der Waals surface area contributed by atoms with Crippen molar-refractivity contribution in [1.82, 2.24) is 0 Å². The maximum absolute atomic E-state index is 8.95. The van der Waals surface area contributed by atoms with E-state index in [0.717, 1.165) is 0 Å². The van der Waals surface area contributed by atoms with Crippen LogP contribution < -0.4 is 0 Å². The second kappa shape index (κ2) is 9.52. The Kier molecular flexibility index (Phi) is 9.26. The zero-order valence-electron chi connectivity index (χ0n) is 15.2. The van der Waals surface area contributed by atoms with Crippen molar-refractivity contribution in [2.45, 2.75) is 70.9 Å². The van der Waals surface area contributed by atoms with Gasteiger partial charge in [-0.2, -0.15) is 0 Å². The SMILES string of the molecule is C#CC[C@@H](C)[C@H](OCCCO)[C@@H](C=C)O[Si](C)(C)C(C)(C)C. The highest BCUT2D eigenvalue weighted by molar-refractivity contribution is 6.74. The third kappa shape index (κ3) is 6.66. The molecule has 0 aromatic carbocycles. The summed E-state index contributed by atoms with van der Waals surface area (Å²) in [7, 11) is -1.92. The third-order valence-electron chi connectivity index (χ3n) is 4.41. The minimum atomic E-state index is -1.92. The van der Waals surface area contributed by atoms with Gasteiger partial charge in [0.05, 0.1) is 12.2 Å². The summed E-state index contributed by atoms with van der Waals surface area (Å²) in [5.41, 5.74) is 0. The van der Waals surface area contributed by atoms with Crippen LogP contribution in [0.5, 0.6) is 0 Å². The molecule has 0 rings (SSSR count). The van der Waals surface area contributed by atoms with E-state index in [1.807, 2.05) is 6.08 Å². The molecule has 4 heteroatoms. The largest absolute Gasteiger partial charge is 0.408 e. The highest BCUT2D eigenvalue weighted by atomic mass is 28.4. The predicted molar refractivity (Wildman–Crippen MR) is 96.3 cm³/mol. The molecule has 0 aliphatic rings. The van der Waals surface area contributed by atoms with Crippen LogP contribution in [0.4, 0.5) is 0 Å². The first-order chi connectivity index (χ1) is 10.1. The van der Waals surface area contributed by atoms with Gasteiger partial charge < -0.3 is 14.3 Å². The minimum Gasteiger partial charge on any atom is -0.408 e. The molecule has 0 saturated carbocycles. The summed E-state index contributed by atoms with van der Waals surface area (Å²) >= 11 is 0. The van der Waals surface area contributed by atoms with Crippen molar-refractivity contribution in [2.24, 2.45) is 5.92 Å². The van der Waals surface area contributed by atoms with E-state index in [4.69, 9.17) is 20.7 Å². The lowest BCUT2D eigenvalue weighted by Crippen LogP contribution is -2.48. The van der Waals surface area contributed by atoms with E-state index in [-0.39, 0.29) is 29.8 Å². The number of ether oxygens (including phenoxy) is 1. The molecule has 0 radical (unpaired) electrons. The molecule has 0 spiro atoms. The zero-order chi connectivity index (χ0) is 17.4. The van der Waals surface area contributed by atoms with Crippen molar-refractivity contribution in [3.05, 3.63) is 12.7 Å². The van der Waals surface area contributed by atoms with Gasteiger partial charge in [-0.15, -0.1) is 18.9 Å². The molecule has 0 aliphatic heterocycles. The monoisotopic (exact) mass is 326 g/mol. The Morgan fingerprint density at radius 1 is 1.36 bits per heavy atom. The van der Waals surface area contributed by atoms with Crippen molar-refractivity contribution in [3.63, 3.8) is 0 Å². The van der Waals surface area contributed by atoms with E-state index in [0.29, 0.717) is 19.4 Å². The number of aliphatic hydroxyl groups excluding tert-OH is 1. The van der Waals surface area contributed by atoms with Gasteiger partial charge in [-0.3, -0.25) is 0 Å². The maximum atomic E-state index is 8.95. The molecule has 0 heterocycles. The summed E-state index contributed by atoms with van der Waals surface area (Å²) in [6.07, 6.45) is 8.23. The molecule has 0 aromatic heterocycles. The van der Waals surface area contributed by atoms with Crippen LogP contribution in [0.3, 0.4) is 0 Å². The second-order valence-corrected chi connectivity index (χ2v) is 12.1. The molecule has 0 saturated heterocycles. The standard InChI is InChI=1S/C18H34O3Si/c1-9-12-15(3)17(20-14-11-13-19)16(10-2)21-22(7,8)18(4,5)6/h1,10,15-17,19H,2,11-14H2,3-8H3/t15-,16-,17+/m1/s1. The normalized spacial score (nSPS) is 16.6. The average molecular weight is 327 g/mol. The van der Waals surface area contributed by atoms with Gasteiger partial charge in [0, 0.05) is 19.6 Å². The van der Waals surface area contributed by atoms with Crippen LogP contribution in [0.15, 0.2) is 12.7 Å². The van der Waals surface area contributed by atoms with Gasteiger partial charge in [0.25, 0.3) is 0 Å². The van der Waals surface area contributed by atoms with Gasteiger partial charge in [0.1, 0.15) is 0 Å². The van der Waals surface area contributed by atoms with Crippen LogP contribution in [0.25, 0.3) is 0 Å². The number of hydrogen-bond acceptors (Lipinski definition) is 3. The molecular formula is C18H34O3Si. The van der Waals surface area contributed by atoms with Crippen LogP contribution in [0.1, 0.15) is 40.5 Å². The molecule has 3 atom stereocenters. The fourth-order valence-corrected chi connectivity index (χ4v) is 3.20. The quantitative estimate of drug-likeness (QED) is 0.285. The Labute approximate surface area is 138 Å².